The molecule has 0 saturated carbocycles. The van der Waals surface area contributed by atoms with Crippen LogP contribution in [0.1, 0.15) is 0 Å². The topological polar surface area (TPSA) is 145 Å². The molecule has 0 aliphatic carbocycles. The molecule has 0 saturated heterocycles. The van der Waals surface area contributed by atoms with E-state index in [1.54, 1.807) is 0 Å². The van der Waals surface area contributed by atoms with Gasteiger partial charge in [-0.15, -0.1) is 16.7 Å². The minimum Gasteiger partial charge on any atom is -0.481 e. The number of nitroso groups, excluding NO2 is 1. The molecule has 1 unspecified atom stereocenters. The van der Waals surface area contributed by atoms with Gasteiger partial charge in [0.15, 0.2) is 6.04 Å². The third-order valence-corrected chi connectivity index (χ3v) is 2.55. The molecule has 1 atom stereocenters. The maximum atomic E-state index is 10.8. The minimum absolute atomic E-state index is 0.249. The Balaban J connectivity index is 4.47. The van der Waals surface area contributed by atoms with E-state index in [0.717, 1.165) is 11.8 Å². The van der Waals surface area contributed by atoms with Gasteiger partial charge in [0.2, 0.25) is 0 Å². The van der Waals surface area contributed by atoms with E-state index in [0.29, 0.717) is 5.01 Å². The lowest BCUT2D eigenvalue weighted by Crippen LogP contribution is -2.42. The predicted octanol–water partition coefficient (Wildman–Crippen LogP) is -0.675. The van der Waals surface area contributed by atoms with Gasteiger partial charge in [0.05, 0.1) is 11.0 Å². The van der Waals surface area contributed by atoms with Gasteiger partial charge in [0.25, 0.3) is 0 Å². The van der Waals surface area contributed by atoms with Crippen LogP contribution in [0.2, 0.25) is 0 Å². The Morgan fingerprint density at radius 1 is 1.18 bits per heavy atom. The summed E-state index contributed by atoms with van der Waals surface area (Å²) in [6.45, 7) is -0.853. The van der Waals surface area contributed by atoms with Gasteiger partial charge in [-0.1, -0.05) is 0 Å². The SMILES string of the molecule is O=NN(CC(=O)O)C(CSCC(=O)O)C(=O)O. The molecule has 10 heteroatoms. The summed E-state index contributed by atoms with van der Waals surface area (Å²) >= 11 is 0.755. The summed E-state index contributed by atoms with van der Waals surface area (Å²) in [4.78, 5) is 41.6. The molecule has 0 amide bonds. The second-order valence-electron chi connectivity index (χ2n) is 2.84. The van der Waals surface area contributed by atoms with Crippen LogP contribution in [-0.2, 0) is 14.4 Å². The smallest absolute Gasteiger partial charge is 0.329 e. The van der Waals surface area contributed by atoms with Crippen molar-refractivity contribution in [3.05, 3.63) is 4.91 Å². The lowest BCUT2D eigenvalue weighted by atomic mass is 10.3. The molecule has 3 N–H and O–H groups in total. The van der Waals surface area contributed by atoms with E-state index >= 15 is 0 Å². The second-order valence-corrected chi connectivity index (χ2v) is 3.87. The first kappa shape index (κ1) is 15.2. The van der Waals surface area contributed by atoms with E-state index in [9.17, 15) is 19.3 Å². The second kappa shape index (κ2) is 7.44. The van der Waals surface area contributed by atoms with Crippen LogP contribution in [-0.4, -0.2) is 62.3 Å². The highest BCUT2D eigenvalue weighted by Crippen LogP contribution is 2.10. The molecular formula is C7H10N2O7S. The van der Waals surface area contributed by atoms with Gasteiger partial charge in [-0.25, -0.2) is 9.80 Å². The van der Waals surface area contributed by atoms with Crippen LogP contribution in [0.15, 0.2) is 5.29 Å². The fourth-order valence-corrected chi connectivity index (χ4v) is 1.71. The molecule has 0 heterocycles. The van der Waals surface area contributed by atoms with E-state index in [1.165, 1.54) is 0 Å². The highest BCUT2D eigenvalue weighted by atomic mass is 32.2. The Bertz CT molecular complexity index is 321. The maximum absolute atomic E-state index is 10.8. The molecule has 0 bridgehead atoms. The van der Waals surface area contributed by atoms with Gasteiger partial charge in [-0.3, -0.25) is 9.59 Å². The minimum atomic E-state index is -1.46. The van der Waals surface area contributed by atoms with Crippen molar-refractivity contribution < 1.29 is 29.7 Å². The Hall–Kier alpha value is -1.84. The summed E-state index contributed by atoms with van der Waals surface area (Å²) < 4.78 is 0. The molecule has 17 heavy (non-hydrogen) atoms. The number of aliphatic carboxylic acids is 3. The van der Waals surface area contributed by atoms with Crippen molar-refractivity contribution in [2.45, 2.75) is 6.04 Å². The molecule has 0 fully saturated rings. The van der Waals surface area contributed by atoms with Crippen LogP contribution in [0.4, 0.5) is 0 Å². The zero-order valence-corrected chi connectivity index (χ0v) is 9.29. The van der Waals surface area contributed by atoms with Crippen molar-refractivity contribution >= 4 is 29.7 Å². The number of hydrogen-bond acceptors (Lipinski definition) is 6. The van der Waals surface area contributed by atoms with E-state index in [-0.39, 0.29) is 11.5 Å². The van der Waals surface area contributed by atoms with Crippen molar-refractivity contribution in [2.24, 2.45) is 5.29 Å². The zero-order valence-electron chi connectivity index (χ0n) is 8.48. The van der Waals surface area contributed by atoms with Gasteiger partial charge in [-0.05, 0) is 0 Å². The summed E-state index contributed by atoms with van der Waals surface area (Å²) in [5, 5.41) is 28.2. The Labute approximate surface area is 99.3 Å². The van der Waals surface area contributed by atoms with Crippen molar-refractivity contribution in [2.75, 3.05) is 18.1 Å². The molecule has 0 radical (unpaired) electrons. The highest BCUT2D eigenvalue weighted by molar-refractivity contribution is 8.00. The molecule has 0 aromatic carbocycles. The molecule has 9 nitrogen and oxygen atoms in total. The van der Waals surface area contributed by atoms with E-state index < -0.39 is 30.5 Å². The number of hydrogen-bond donors (Lipinski definition) is 3. The van der Waals surface area contributed by atoms with Crippen molar-refractivity contribution in [1.29, 1.82) is 0 Å². The first-order chi connectivity index (χ1) is 7.88. The summed E-state index contributed by atoms with van der Waals surface area (Å²) in [7, 11) is 0. The molecule has 0 aromatic heterocycles. The van der Waals surface area contributed by atoms with Crippen LogP contribution in [0.25, 0.3) is 0 Å². The molecule has 0 aliphatic heterocycles. The van der Waals surface area contributed by atoms with E-state index in [1.807, 2.05) is 0 Å². The Morgan fingerprint density at radius 2 is 1.76 bits per heavy atom. The van der Waals surface area contributed by atoms with Crippen molar-refractivity contribution in [3.63, 3.8) is 0 Å². The number of carbonyl (C=O) groups is 3. The summed E-state index contributed by atoms with van der Waals surface area (Å²) in [6.07, 6.45) is 0. The van der Waals surface area contributed by atoms with Crippen molar-refractivity contribution in [3.8, 4) is 0 Å². The van der Waals surface area contributed by atoms with Crippen LogP contribution in [0.3, 0.4) is 0 Å². The Kier molecular flexibility index (Phi) is 6.63. The number of nitrogens with zero attached hydrogens (tertiary/aromatic N) is 2. The average Bonchev–Trinajstić information content (AvgIpc) is 2.20. The van der Waals surface area contributed by atoms with E-state index in [2.05, 4.69) is 5.29 Å². The van der Waals surface area contributed by atoms with Gasteiger partial charge in [0, 0.05) is 5.75 Å². The third-order valence-electron chi connectivity index (χ3n) is 1.55. The molecule has 0 rings (SSSR count). The van der Waals surface area contributed by atoms with Gasteiger partial charge >= 0.3 is 17.9 Å². The van der Waals surface area contributed by atoms with Crippen molar-refractivity contribution in [1.82, 2.24) is 5.01 Å². The third kappa shape index (κ3) is 6.35. The van der Waals surface area contributed by atoms with Crippen LogP contribution in [0, 0.1) is 4.91 Å². The summed E-state index contributed by atoms with van der Waals surface area (Å²) in [6, 6.07) is -1.46. The maximum Gasteiger partial charge on any atom is 0.329 e. The lowest BCUT2D eigenvalue weighted by molar-refractivity contribution is -0.145. The molecule has 0 spiro atoms. The standard InChI is InChI=1S/C7H10N2O7S/c10-5(11)1-9(8-16)4(7(14)15)2-17-3-6(12)13/h4H,1-3H2,(H,10,11)(H,12,13)(H,14,15). The zero-order chi connectivity index (χ0) is 13.4. The summed E-state index contributed by atoms with van der Waals surface area (Å²) in [5.41, 5.74) is 0. The van der Waals surface area contributed by atoms with E-state index in [4.69, 9.17) is 15.3 Å². The summed E-state index contributed by atoms with van der Waals surface area (Å²) in [5.74, 6) is -4.57. The fraction of sp³-hybridized carbons (Fsp3) is 0.571. The van der Waals surface area contributed by atoms with Crippen LogP contribution < -0.4 is 0 Å². The number of thioether (sulfide) groups is 1. The van der Waals surface area contributed by atoms with Gasteiger partial charge < -0.3 is 15.3 Å². The average molecular weight is 266 g/mol. The quantitative estimate of drug-likeness (QED) is 0.365. The molecule has 0 aromatic rings. The molecule has 0 aliphatic rings. The first-order valence-electron chi connectivity index (χ1n) is 4.22. The van der Waals surface area contributed by atoms with Crippen LogP contribution >= 0.6 is 11.8 Å². The van der Waals surface area contributed by atoms with Gasteiger partial charge in [-0.2, -0.15) is 0 Å². The predicted molar refractivity (Wildman–Crippen MR) is 56.5 cm³/mol. The Morgan fingerprint density at radius 3 is 2.12 bits per heavy atom. The number of carboxylic acid groups (broad SMARTS) is 3. The number of rotatable bonds is 9. The molecular weight excluding hydrogens is 256 g/mol. The largest absolute Gasteiger partial charge is 0.481 e. The lowest BCUT2D eigenvalue weighted by Gasteiger charge is -2.20. The fourth-order valence-electron chi connectivity index (χ4n) is 0.877. The highest BCUT2D eigenvalue weighted by Gasteiger charge is 2.27. The van der Waals surface area contributed by atoms with Crippen LogP contribution in [0.5, 0.6) is 0 Å². The first-order valence-corrected chi connectivity index (χ1v) is 5.38. The monoisotopic (exact) mass is 266 g/mol. The van der Waals surface area contributed by atoms with Gasteiger partial charge in [0.1, 0.15) is 6.54 Å². The number of carboxylic acids is 3. The molecule has 96 valence electrons. The normalized spacial score (nSPS) is 11.5.